The molecule has 3 aliphatic heterocycles. The lowest BCUT2D eigenvalue weighted by atomic mass is 9.83. The molecule has 0 aliphatic carbocycles. The number of carboxylic acids is 2. The van der Waals surface area contributed by atoms with Crippen LogP contribution in [0, 0.1) is 11.8 Å². The van der Waals surface area contributed by atoms with Crippen molar-refractivity contribution in [1.82, 2.24) is 10.2 Å². The monoisotopic (exact) mass is 598 g/mol. The number of rotatable bonds is 15. The summed E-state index contributed by atoms with van der Waals surface area (Å²) in [5.41, 5.74) is 10.4. The molecule has 3 rings (SSSR count). The lowest BCUT2D eigenvalue weighted by Crippen LogP contribution is -2.62. The van der Waals surface area contributed by atoms with E-state index in [4.69, 9.17) is 16.2 Å². The highest BCUT2D eigenvalue weighted by Gasteiger charge is 2.58. The van der Waals surface area contributed by atoms with Crippen LogP contribution in [0.1, 0.15) is 26.7 Å². The number of nitrogens with one attached hydrogen (secondary N) is 1. The quantitative estimate of drug-likeness (QED) is 0.0461. The van der Waals surface area contributed by atoms with E-state index in [0.717, 1.165) is 6.34 Å². The molecule has 8 N–H and O–H groups in total. The van der Waals surface area contributed by atoms with Crippen LogP contribution in [0.15, 0.2) is 31.2 Å². The molecule has 3 aliphatic rings. The topological polar surface area (TPSA) is 230 Å². The molecule has 1 saturated heterocycles. The molecule has 0 aromatic carbocycles. The van der Waals surface area contributed by atoms with Crippen molar-refractivity contribution in [2.24, 2.45) is 33.3 Å². The zero-order chi connectivity index (χ0) is 29.6. The van der Waals surface area contributed by atoms with Gasteiger partial charge in [0.05, 0.1) is 43.8 Å². The summed E-state index contributed by atoms with van der Waals surface area (Å²) >= 11 is 2.56. The Bertz CT molecular complexity index is 1140. The van der Waals surface area contributed by atoms with Crippen LogP contribution in [-0.2, 0) is 23.9 Å². The fraction of sp³-hybridized carbons (Fsp3) is 0.583. The first-order valence-electron chi connectivity index (χ1n) is 12.6. The van der Waals surface area contributed by atoms with Crippen LogP contribution in [-0.4, -0.2) is 106 Å². The number of thioether (sulfide) groups is 2. The molecule has 40 heavy (non-hydrogen) atoms. The Labute approximate surface area is 239 Å². The summed E-state index contributed by atoms with van der Waals surface area (Å²) in [6.07, 6.45) is 0.734. The van der Waals surface area contributed by atoms with Crippen LogP contribution in [0.2, 0.25) is 0 Å². The number of hydrogen-bond donors (Lipinski definition) is 6. The van der Waals surface area contributed by atoms with E-state index < -0.39 is 59.9 Å². The zero-order valence-electron chi connectivity index (χ0n) is 22.1. The van der Waals surface area contributed by atoms with Gasteiger partial charge >= 0.3 is 17.9 Å². The van der Waals surface area contributed by atoms with Gasteiger partial charge in [-0.05, 0) is 13.8 Å². The summed E-state index contributed by atoms with van der Waals surface area (Å²) in [7, 11) is 0. The summed E-state index contributed by atoms with van der Waals surface area (Å²) in [4.78, 5) is 60.1. The summed E-state index contributed by atoms with van der Waals surface area (Å²) in [6.45, 7) is 3.74. The minimum absolute atomic E-state index is 0.0524. The zero-order valence-corrected chi connectivity index (χ0v) is 23.7. The van der Waals surface area contributed by atoms with Crippen molar-refractivity contribution in [2.45, 2.75) is 51.0 Å². The van der Waals surface area contributed by atoms with Gasteiger partial charge in [-0.3, -0.25) is 19.6 Å². The highest BCUT2D eigenvalue weighted by atomic mass is 32.2. The van der Waals surface area contributed by atoms with Gasteiger partial charge in [0.25, 0.3) is 0 Å². The number of β-lactam (4-membered cyclic amide) rings is 1. The molecule has 0 spiro atoms. The molecule has 0 saturated carbocycles. The first-order valence-corrected chi connectivity index (χ1v) is 14.6. The predicted octanol–water partition coefficient (Wildman–Crippen LogP) is -0.459. The Morgan fingerprint density at radius 3 is 2.20 bits per heavy atom. The molecular weight excluding hydrogens is 564 g/mol. The maximum Gasteiger partial charge on any atom is 0.353 e. The second kappa shape index (κ2) is 13.9. The van der Waals surface area contributed by atoms with Gasteiger partial charge in [-0.15, -0.1) is 23.5 Å². The molecular formula is C24H34N6O8S2. The lowest BCUT2D eigenvalue weighted by Gasteiger charge is -2.45. The number of ether oxygens (including phenoxy) is 1. The van der Waals surface area contributed by atoms with Gasteiger partial charge in [0.2, 0.25) is 5.91 Å². The molecule has 0 aromatic rings. The predicted molar refractivity (Wildman–Crippen MR) is 150 cm³/mol. The third kappa shape index (κ3) is 6.72. The second-order valence-corrected chi connectivity index (χ2v) is 11.7. The molecule has 0 aromatic heterocycles. The molecule has 3 heterocycles. The van der Waals surface area contributed by atoms with Crippen molar-refractivity contribution in [2.75, 3.05) is 24.6 Å². The number of carbonyl (C=O) groups is 4. The summed E-state index contributed by atoms with van der Waals surface area (Å²) in [5, 5.41) is 32.7. The molecule has 1 amide bonds. The number of aliphatic carboxylic acids is 2. The third-order valence-electron chi connectivity index (χ3n) is 6.84. The van der Waals surface area contributed by atoms with E-state index in [2.05, 4.69) is 15.3 Å². The van der Waals surface area contributed by atoms with E-state index in [-0.39, 0.29) is 17.8 Å². The van der Waals surface area contributed by atoms with Gasteiger partial charge in [0, 0.05) is 40.2 Å². The highest BCUT2D eigenvalue weighted by molar-refractivity contribution is 8.03. The maximum absolute atomic E-state index is 13.3. The number of hydrogen-bond acceptors (Lipinski definition) is 11. The van der Waals surface area contributed by atoms with Crippen molar-refractivity contribution < 1.29 is 39.2 Å². The Morgan fingerprint density at radius 2 is 1.68 bits per heavy atom. The van der Waals surface area contributed by atoms with Crippen molar-refractivity contribution >= 4 is 60.0 Å². The lowest BCUT2D eigenvalue weighted by molar-refractivity contribution is -0.175. The van der Waals surface area contributed by atoms with Crippen LogP contribution in [0.5, 0.6) is 0 Å². The van der Waals surface area contributed by atoms with Crippen molar-refractivity contribution in [3.8, 4) is 0 Å². The smallest absolute Gasteiger partial charge is 0.353 e. The van der Waals surface area contributed by atoms with Gasteiger partial charge in [-0.25, -0.2) is 9.59 Å². The first-order chi connectivity index (χ1) is 19.0. The largest absolute Gasteiger partial charge is 0.477 e. The third-order valence-corrected chi connectivity index (χ3v) is 9.04. The fourth-order valence-electron chi connectivity index (χ4n) is 5.12. The summed E-state index contributed by atoms with van der Waals surface area (Å²) in [5.74, 6) is -4.56. The number of aliphatic hydroxyl groups is 1. The van der Waals surface area contributed by atoms with E-state index in [0.29, 0.717) is 40.8 Å². The van der Waals surface area contributed by atoms with Gasteiger partial charge in [-0.1, -0.05) is 0 Å². The fourth-order valence-corrected chi connectivity index (χ4v) is 7.20. The van der Waals surface area contributed by atoms with E-state index in [1.807, 2.05) is 0 Å². The molecule has 0 radical (unpaired) electrons. The Hall–Kier alpha value is -3.24. The van der Waals surface area contributed by atoms with Crippen LogP contribution < -0.4 is 16.8 Å². The van der Waals surface area contributed by atoms with Gasteiger partial charge in [0.1, 0.15) is 23.4 Å². The van der Waals surface area contributed by atoms with E-state index >= 15 is 0 Å². The van der Waals surface area contributed by atoms with E-state index in [1.54, 1.807) is 6.92 Å². The number of aliphatic imine (C=N–C) groups is 2. The highest BCUT2D eigenvalue weighted by Crippen LogP contribution is 2.47. The van der Waals surface area contributed by atoms with Crippen LogP contribution in [0.25, 0.3) is 0 Å². The number of amides is 1. The van der Waals surface area contributed by atoms with Crippen molar-refractivity contribution in [1.29, 1.82) is 0 Å². The molecule has 6 atom stereocenters. The maximum atomic E-state index is 13.3. The molecule has 1 fully saturated rings. The minimum Gasteiger partial charge on any atom is -0.477 e. The molecule has 16 heteroatoms. The summed E-state index contributed by atoms with van der Waals surface area (Å²) < 4.78 is 5.66. The minimum atomic E-state index is -1.21. The Morgan fingerprint density at radius 1 is 1.07 bits per heavy atom. The van der Waals surface area contributed by atoms with E-state index in [1.165, 1.54) is 41.7 Å². The molecule has 6 unspecified atom stereocenters. The van der Waals surface area contributed by atoms with Crippen LogP contribution in [0.4, 0.5) is 0 Å². The number of carboxylic acid groups (broad SMARTS) is 2. The van der Waals surface area contributed by atoms with Crippen LogP contribution in [0.3, 0.4) is 0 Å². The number of aliphatic hydroxyl groups excluding tert-OH is 1. The van der Waals surface area contributed by atoms with Crippen molar-refractivity contribution in [3.05, 3.63) is 21.2 Å². The first kappa shape index (κ1) is 31.3. The van der Waals surface area contributed by atoms with Gasteiger partial charge < -0.3 is 41.7 Å². The summed E-state index contributed by atoms with van der Waals surface area (Å²) in [6, 6.07) is -1.22. The van der Waals surface area contributed by atoms with Crippen molar-refractivity contribution in [3.63, 3.8) is 0 Å². The Kier molecular flexibility index (Phi) is 10.9. The molecule has 220 valence electrons. The SMILES string of the molecule is CC(O)C(C(=O)OC(C)C1C(=O)N2C(C(=O)O)=C(SCCN=CN)CC12)C1CC(SCCN=CN)=C(C(=O)O)N1. The average molecular weight is 599 g/mol. The van der Waals surface area contributed by atoms with Gasteiger partial charge in [-0.2, -0.15) is 0 Å². The molecule has 14 nitrogen and oxygen atoms in total. The number of nitrogens with zero attached hydrogens (tertiary/aromatic N) is 3. The van der Waals surface area contributed by atoms with Crippen LogP contribution >= 0.6 is 23.5 Å². The Balaban J connectivity index is 1.66. The normalized spacial score (nSPS) is 24.7. The number of esters is 1. The number of fused-ring (bicyclic) bond motifs is 1. The number of nitrogens with two attached hydrogens (primary N) is 2. The standard InChI is InChI=1S/C24H34N6O8S2/c1-11(31)17(13-7-15(19(29-13)22(33)34)39-5-3-27-9-25)24(37)38-12(2)18-14-8-16(40-6-4-28-10-26)20(23(35)36)30(14)21(18)32/h9-14,17-18,29,31H,3-8H2,1-2H3,(H2,25,27)(H2,26,28)(H,33,34)(H,35,36). The average Bonchev–Trinajstić information content (AvgIpc) is 3.44. The number of carbonyl (C=O) groups excluding carboxylic acids is 2. The van der Waals surface area contributed by atoms with E-state index in [9.17, 15) is 34.5 Å². The second-order valence-electron chi connectivity index (χ2n) is 9.36. The molecule has 0 bridgehead atoms. The van der Waals surface area contributed by atoms with Gasteiger partial charge in [0.15, 0.2) is 0 Å².